The second kappa shape index (κ2) is 11.2. The minimum absolute atomic E-state index is 0.136. The number of aromatic amines is 1. The SMILES string of the molecule is COC[C@H]1O[C@@H](n2ccc(=O)[nH]c2=O)[C@](C)(O)C1(C)C.COC[C@H]1O[C@@H](n2ccc(N)nc2=O)[C@](C)(O)C1(C)C. The van der Waals surface area contributed by atoms with E-state index in [-0.39, 0.29) is 18.0 Å². The smallest absolute Gasteiger partial charge is 0.351 e. The molecule has 4 heterocycles. The lowest BCUT2D eigenvalue weighted by Gasteiger charge is -2.36. The van der Waals surface area contributed by atoms with E-state index in [1.807, 2.05) is 27.7 Å². The standard InChI is InChI=1S/C13H21N3O4.C13H20N2O5/c1-12(2)8(7-19-4)20-10(13(12,3)18)16-6-5-9(14)15-11(16)17;1-12(2)8(7-19-4)20-10(13(12,3)18)15-6-5-9(16)14-11(15)17/h5-6,8,10,18H,7H2,1-4H3,(H2,14,15,17);5-6,8,10,18H,7H2,1-4H3,(H,14,16,17)/t2*8-,10-,13+/m11/s1. The average molecular weight is 568 g/mol. The highest BCUT2D eigenvalue weighted by atomic mass is 16.6. The molecule has 2 aromatic rings. The summed E-state index contributed by atoms with van der Waals surface area (Å²) in [5.74, 6) is 0.136. The maximum Gasteiger partial charge on any atom is 0.351 e. The number of aliphatic hydroxyl groups is 2. The van der Waals surface area contributed by atoms with E-state index in [4.69, 9.17) is 24.7 Å². The van der Waals surface area contributed by atoms with Crippen LogP contribution in [-0.4, -0.2) is 80.2 Å². The van der Waals surface area contributed by atoms with Crippen molar-refractivity contribution in [2.24, 2.45) is 10.8 Å². The van der Waals surface area contributed by atoms with Crippen molar-refractivity contribution in [1.82, 2.24) is 19.1 Å². The molecule has 0 bridgehead atoms. The van der Waals surface area contributed by atoms with Gasteiger partial charge in [-0.05, 0) is 19.9 Å². The van der Waals surface area contributed by atoms with Crippen LogP contribution in [-0.2, 0) is 18.9 Å². The lowest BCUT2D eigenvalue weighted by atomic mass is 9.73. The zero-order valence-electron chi connectivity index (χ0n) is 24.2. The molecule has 0 aliphatic carbocycles. The topological polar surface area (TPSA) is 193 Å². The second-order valence-corrected chi connectivity index (χ2v) is 11.7. The van der Waals surface area contributed by atoms with E-state index in [0.717, 1.165) is 0 Å². The van der Waals surface area contributed by atoms with E-state index < -0.39 is 51.4 Å². The Kier molecular flexibility index (Phi) is 8.85. The molecule has 4 rings (SSSR count). The van der Waals surface area contributed by atoms with Crippen LogP contribution in [0.3, 0.4) is 0 Å². The monoisotopic (exact) mass is 567 g/mol. The molecule has 0 spiro atoms. The number of ether oxygens (including phenoxy) is 4. The molecule has 2 aliphatic heterocycles. The van der Waals surface area contributed by atoms with Crippen molar-refractivity contribution in [3.63, 3.8) is 0 Å². The molecule has 2 aromatic heterocycles. The summed E-state index contributed by atoms with van der Waals surface area (Å²) in [4.78, 5) is 40.8. The fourth-order valence-corrected chi connectivity index (χ4v) is 4.89. The molecule has 0 amide bonds. The van der Waals surface area contributed by atoms with Gasteiger partial charge >= 0.3 is 11.4 Å². The summed E-state index contributed by atoms with van der Waals surface area (Å²) in [7, 11) is 3.12. The molecule has 0 unspecified atom stereocenters. The Morgan fingerprint density at radius 2 is 1.32 bits per heavy atom. The Bertz CT molecular complexity index is 1360. The summed E-state index contributed by atoms with van der Waals surface area (Å²) < 4.78 is 24.3. The first-order chi connectivity index (χ1) is 18.4. The molecule has 6 atom stereocenters. The van der Waals surface area contributed by atoms with Crippen LogP contribution < -0.4 is 22.7 Å². The highest BCUT2D eigenvalue weighted by Crippen LogP contribution is 2.51. The maximum absolute atomic E-state index is 11.9. The number of hydrogen-bond acceptors (Lipinski definition) is 11. The lowest BCUT2D eigenvalue weighted by molar-refractivity contribution is -0.0988. The molecule has 2 fully saturated rings. The predicted octanol–water partition coefficient (Wildman–Crippen LogP) is 0.00410. The molecule has 2 aliphatic rings. The van der Waals surface area contributed by atoms with Gasteiger partial charge in [0.2, 0.25) is 0 Å². The predicted molar refractivity (Wildman–Crippen MR) is 145 cm³/mol. The number of nitrogen functional groups attached to an aromatic ring is 1. The molecule has 14 nitrogen and oxygen atoms in total. The first-order valence-corrected chi connectivity index (χ1v) is 12.8. The number of nitrogens with one attached hydrogen (secondary N) is 1. The summed E-state index contributed by atoms with van der Waals surface area (Å²) in [5, 5.41) is 21.6. The summed E-state index contributed by atoms with van der Waals surface area (Å²) in [5.41, 5.74) is 0.0630. The van der Waals surface area contributed by atoms with Gasteiger partial charge in [0.25, 0.3) is 5.56 Å². The zero-order valence-corrected chi connectivity index (χ0v) is 24.2. The number of nitrogens with zero attached hydrogens (tertiary/aromatic N) is 3. The lowest BCUT2D eigenvalue weighted by Crippen LogP contribution is -2.48. The Hall–Kier alpha value is -2.88. The third-order valence-corrected chi connectivity index (χ3v) is 8.61. The van der Waals surface area contributed by atoms with Crippen LogP contribution in [0.15, 0.2) is 38.9 Å². The van der Waals surface area contributed by atoms with Gasteiger partial charge in [-0.15, -0.1) is 0 Å². The van der Waals surface area contributed by atoms with Crippen molar-refractivity contribution < 1.29 is 29.2 Å². The molecular formula is C26H41N5O9. The molecule has 40 heavy (non-hydrogen) atoms. The number of nitrogens with two attached hydrogens (primary N) is 1. The van der Waals surface area contributed by atoms with Gasteiger partial charge in [0.15, 0.2) is 12.5 Å². The highest BCUT2D eigenvalue weighted by Gasteiger charge is 2.60. The van der Waals surface area contributed by atoms with E-state index in [9.17, 15) is 24.6 Å². The Labute approximate surface area is 231 Å². The van der Waals surface area contributed by atoms with Crippen LogP contribution in [0.1, 0.15) is 54.0 Å². The van der Waals surface area contributed by atoms with Crippen molar-refractivity contribution in [1.29, 1.82) is 0 Å². The van der Waals surface area contributed by atoms with Crippen molar-refractivity contribution in [2.75, 3.05) is 33.2 Å². The number of anilines is 1. The average Bonchev–Trinajstić information content (AvgIpc) is 3.13. The first kappa shape index (κ1) is 31.6. The number of H-pyrrole nitrogens is 1. The van der Waals surface area contributed by atoms with Gasteiger partial charge in [0, 0.05) is 43.5 Å². The van der Waals surface area contributed by atoms with Gasteiger partial charge in [0.05, 0.1) is 25.4 Å². The van der Waals surface area contributed by atoms with E-state index in [2.05, 4.69) is 9.97 Å². The normalized spacial score (nSPS) is 32.5. The maximum atomic E-state index is 11.9. The fourth-order valence-electron chi connectivity index (χ4n) is 4.89. The van der Waals surface area contributed by atoms with Crippen LogP contribution in [0.4, 0.5) is 5.82 Å². The van der Waals surface area contributed by atoms with Crippen molar-refractivity contribution >= 4 is 5.82 Å². The van der Waals surface area contributed by atoms with E-state index in [1.165, 1.54) is 33.7 Å². The fraction of sp³-hybridized carbons (Fsp3) is 0.692. The molecule has 224 valence electrons. The molecule has 5 N–H and O–H groups in total. The van der Waals surface area contributed by atoms with Crippen molar-refractivity contribution in [3.8, 4) is 0 Å². The number of aromatic nitrogens is 4. The molecule has 0 saturated carbocycles. The summed E-state index contributed by atoms with van der Waals surface area (Å²) in [6.07, 6.45) is 0.379. The minimum Gasteiger partial charge on any atom is -0.385 e. The van der Waals surface area contributed by atoms with Crippen LogP contribution in [0, 0.1) is 10.8 Å². The molecule has 2 saturated heterocycles. The van der Waals surface area contributed by atoms with E-state index in [1.54, 1.807) is 28.1 Å². The molecular weight excluding hydrogens is 526 g/mol. The van der Waals surface area contributed by atoms with Gasteiger partial charge in [-0.1, -0.05) is 27.7 Å². The van der Waals surface area contributed by atoms with Crippen molar-refractivity contribution in [3.05, 3.63) is 55.8 Å². The summed E-state index contributed by atoms with van der Waals surface area (Å²) >= 11 is 0. The first-order valence-electron chi connectivity index (χ1n) is 12.8. The molecule has 0 aromatic carbocycles. The molecule has 14 heteroatoms. The largest absolute Gasteiger partial charge is 0.385 e. The van der Waals surface area contributed by atoms with Crippen molar-refractivity contribution in [2.45, 2.75) is 77.4 Å². The summed E-state index contributed by atoms with van der Waals surface area (Å²) in [6, 6.07) is 2.72. The number of hydrogen-bond donors (Lipinski definition) is 4. The third kappa shape index (κ3) is 5.39. The molecule has 0 radical (unpaired) electrons. The van der Waals surface area contributed by atoms with Crippen LogP contribution in [0.2, 0.25) is 0 Å². The Balaban J connectivity index is 0.000000220. The van der Waals surface area contributed by atoms with Gasteiger partial charge in [0.1, 0.15) is 17.0 Å². The summed E-state index contributed by atoms with van der Waals surface area (Å²) in [6.45, 7) is 11.4. The second-order valence-electron chi connectivity index (χ2n) is 11.7. The highest BCUT2D eigenvalue weighted by molar-refractivity contribution is 5.24. The van der Waals surface area contributed by atoms with Gasteiger partial charge < -0.3 is 34.9 Å². The van der Waals surface area contributed by atoms with E-state index >= 15 is 0 Å². The number of methoxy groups -OCH3 is 2. The van der Waals surface area contributed by atoms with E-state index in [0.29, 0.717) is 13.2 Å². The minimum atomic E-state index is -1.29. The Morgan fingerprint density at radius 1 is 0.875 bits per heavy atom. The van der Waals surface area contributed by atoms with Crippen LogP contribution >= 0.6 is 0 Å². The van der Waals surface area contributed by atoms with Gasteiger partial charge in [-0.2, -0.15) is 4.98 Å². The zero-order chi connectivity index (χ0) is 30.3. The number of rotatable bonds is 6. The third-order valence-electron chi connectivity index (χ3n) is 8.61. The van der Waals surface area contributed by atoms with Gasteiger partial charge in [-0.25, -0.2) is 9.59 Å². The Morgan fingerprint density at radius 3 is 1.75 bits per heavy atom. The van der Waals surface area contributed by atoms with Gasteiger partial charge in [-0.3, -0.25) is 18.9 Å². The van der Waals surface area contributed by atoms with Crippen LogP contribution in [0.5, 0.6) is 0 Å². The van der Waals surface area contributed by atoms with Crippen LogP contribution in [0.25, 0.3) is 0 Å². The quantitative estimate of drug-likeness (QED) is 0.367.